The summed E-state index contributed by atoms with van der Waals surface area (Å²) in [5, 5.41) is 4.52. The van der Waals surface area contributed by atoms with E-state index in [2.05, 4.69) is 10.5 Å². The lowest BCUT2D eigenvalue weighted by molar-refractivity contribution is 0.0955. The van der Waals surface area contributed by atoms with E-state index in [1.54, 1.807) is 24.4 Å². The molecule has 114 valence electrons. The van der Waals surface area contributed by atoms with Crippen molar-refractivity contribution < 1.29 is 9.53 Å². The predicted octanol–water partition coefficient (Wildman–Crippen LogP) is 3.81. The molecule has 0 atom stereocenters. The first-order chi connectivity index (χ1) is 10.6. The second-order valence-electron chi connectivity index (χ2n) is 4.63. The molecule has 0 aromatic heterocycles. The van der Waals surface area contributed by atoms with Crippen molar-refractivity contribution in [2.24, 2.45) is 5.10 Å². The van der Waals surface area contributed by atoms with Gasteiger partial charge < -0.3 is 4.74 Å². The number of nitrogens with zero attached hydrogens (tertiary/aromatic N) is 1. The van der Waals surface area contributed by atoms with E-state index in [9.17, 15) is 4.79 Å². The number of hydrogen-bond acceptors (Lipinski definition) is 3. The Labute approximate surface area is 134 Å². The van der Waals surface area contributed by atoms with Crippen LogP contribution in [-0.4, -0.2) is 18.7 Å². The van der Waals surface area contributed by atoms with Gasteiger partial charge in [0.25, 0.3) is 5.91 Å². The van der Waals surface area contributed by atoms with Gasteiger partial charge in [-0.3, -0.25) is 4.79 Å². The molecule has 4 nitrogen and oxygen atoms in total. The number of rotatable bonds is 5. The first kappa shape index (κ1) is 16.0. The van der Waals surface area contributed by atoms with E-state index >= 15 is 0 Å². The van der Waals surface area contributed by atoms with Gasteiger partial charge in [-0.1, -0.05) is 29.8 Å². The summed E-state index contributed by atoms with van der Waals surface area (Å²) in [4.78, 5) is 12.0. The van der Waals surface area contributed by atoms with E-state index < -0.39 is 0 Å². The lowest BCUT2D eigenvalue weighted by atomic mass is 10.1. The van der Waals surface area contributed by atoms with Gasteiger partial charge in [-0.2, -0.15) is 5.10 Å². The molecule has 1 N–H and O–H groups in total. The maximum atomic E-state index is 12.0. The zero-order valence-electron chi connectivity index (χ0n) is 12.5. The maximum absolute atomic E-state index is 12.0. The Balaban J connectivity index is 2.06. The number of carbonyl (C=O) groups is 1. The second-order valence-corrected chi connectivity index (χ2v) is 5.04. The van der Waals surface area contributed by atoms with Crippen molar-refractivity contribution in [3.8, 4) is 5.75 Å². The molecule has 0 bridgehead atoms. The number of carbonyl (C=O) groups excluding carboxylic acids is 1. The number of amides is 1. The second kappa shape index (κ2) is 7.61. The van der Waals surface area contributed by atoms with Crippen LogP contribution in [0.5, 0.6) is 5.75 Å². The molecule has 0 saturated carbocycles. The average Bonchev–Trinajstić information content (AvgIpc) is 2.52. The van der Waals surface area contributed by atoms with Crippen molar-refractivity contribution in [1.29, 1.82) is 0 Å². The van der Waals surface area contributed by atoms with Crippen LogP contribution in [-0.2, 0) is 0 Å². The molecule has 0 radical (unpaired) electrons. The summed E-state index contributed by atoms with van der Waals surface area (Å²) in [6, 6.07) is 12.6. The van der Waals surface area contributed by atoms with Crippen molar-refractivity contribution in [2.45, 2.75) is 13.8 Å². The largest absolute Gasteiger partial charge is 0.493 e. The van der Waals surface area contributed by atoms with Crippen LogP contribution in [0, 0.1) is 6.92 Å². The number of benzene rings is 2. The molecule has 0 fully saturated rings. The van der Waals surface area contributed by atoms with Gasteiger partial charge in [0.2, 0.25) is 0 Å². The summed E-state index contributed by atoms with van der Waals surface area (Å²) >= 11 is 6.01. The highest BCUT2D eigenvalue weighted by Crippen LogP contribution is 2.17. The fraction of sp³-hybridized carbons (Fsp3) is 0.176. The van der Waals surface area contributed by atoms with E-state index in [1.165, 1.54) is 0 Å². The van der Waals surface area contributed by atoms with E-state index in [-0.39, 0.29) is 5.91 Å². The van der Waals surface area contributed by atoms with Crippen molar-refractivity contribution >= 4 is 23.7 Å². The summed E-state index contributed by atoms with van der Waals surface area (Å²) in [5.74, 6) is 0.411. The lowest BCUT2D eigenvalue weighted by Gasteiger charge is -2.06. The highest BCUT2D eigenvalue weighted by Gasteiger charge is 2.06. The minimum Gasteiger partial charge on any atom is -0.493 e. The molecule has 0 aliphatic rings. The van der Waals surface area contributed by atoms with Gasteiger partial charge >= 0.3 is 0 Å². The van der Waals surface area contributed by atoms with Gasteiger partial charge in [0.1, 0.15) is 5.75 Å². The number of halogens is 1. The molecule has 5 heteroatoms. The fourth-order valence-corrected chi connectivity index (χ4v) is 2.01. The molecular formula is C17H17ClN2O2. The Kier molecular flexibility index (Phi) is 5.55. The summed E-state index contributed by atoms with van der Waals surface area (Å²) in [7, 11) is 0. The van der Waals surface area contributed by atoms with E-state index in [0.717, 1.165) is 16.9 Å². The number of ether oxygens (including phenoxy) is 1. The molecule has 22 heavy (non-hydrogen) atoms. The normalized spacial score (nSPS) is 10.7. The third kappa shape index (κ3) is 4.09. The molecule has 0 unspecified atom stereocenters. The third-order valence-corrected chi connectivity index (χ3v) is 3.43. The molecule has 0 heterocycles. The standard InChI is InChI=1S/C17H17ClN2O2/c1-3-22-16-7-5-4-6-14(16)11-19-20-17(21)13-9-8-12(2)15(18)10-13/h4-11H,3H2,1-2H3,(H,20,21)/b19-11-. The maximum Gasteiger partial charge on any atom is 0.271 e. The molecule has 0 aliphatic carbocycles. The molecule has 0 aliphatic heterocycles. The van der Waals surface area contributed by atoms with E-state index in [0.29, 0.717) is 17.2 Å². The SMILES string of the molecule is CCOc1ccccc1/C=N\NC(=O)c1ccc(C)c(Cl)c1. The zero-order valence-corrected chi connectivity index (χ0v) is 13.2. The van der Waals surface area contributed by atoms with Crippen LogP contribution in [0.4, 0.5) is 0 Å². The molecule has 0 saturated heterocycles. The molecule has 0 spiro atoms. The van der Waals surface area contributed by atoms with Crippen molar-refractivity contribution in [3.63, 3.8) is 0 Å². The van der Waals surface area contributed by atoms with Gasteiger partial charge in [0, 0.05) is 16.1 Å². The third-order valence-electron chi connectivity index (χ3n) is 3.02. The monoisotopic (exact) mass is 316 g/mol. The Morgan fingerprint density at radius 3 is 2.82 bits per heavy atom. The number of hydrogen-bond donors (Lipinski definition) is 1. The topological polar surface area (TPSA) is 50.7 Å². The van der Waals surface area contributed by atoms with Crippen LogP contribution in [0.2, 0.25) is 5.02 Å². The smallest absolute Gasteiger partial charge is 0.271 e. The van der Waals surface area contributed by atoms with Crippen LogP contribution in [0.25, 0.3) is 0 Å². The molecule has 2 aromatic carbocycles. The first-order valence-electron chi connectivity index (χ1n) is 6.93. The highest BCUT2D eigenvalue weighted by molar-refractivity contribution is 6.31. The van der Waals surface area contributed by atoms with Crippen molar-refractivity contribution in [3.05, 3.63) is 64.2 Å². The van der Waals surface area contributed by atoms with Gasteiger partial charge in [-0.25, -0.2) is 5.43 Å². The van der Waals surface area contributed by atoms with Crippen molar-refractivity contribution in [1.82, 2.24) is 5.43 Å². The van der Waals surface area contributed by atoms with E-state index in [4.69, 9.17) is 16.3 Å². The highest BCUT2D eigenvalue weighted by atomic mass is 35.5. The summed E-state index contributed by atoms with van der Waals surface area (Å²) in [5.41, 5.74) is 4.66. The van der Waals surface area contributed by atoms with Gasteiger partial charge in [-0.15, -0.1) is 0 Å². The van der Waals surface area contributed by atoms with Gasteiger partial charge in [0.05, 0.1) is 12.8 Å². The summed E-state index contributed by atoms with van der Waals surface area (Å²) in [6.45, 7) is 4.36. The lowest BCUT2D eigenvalue weighted by Crippen LogP contribution is -2.17. The predicted molar refractivity (Wildman–Crippen MR) is 88.9 cm³/mol. The Morgan fingerprint density at radius 1 is 1.32 bits per heavy atom. The number of nitrogens with one attached hydrogen (secondary N) is 1. The number of hydrazone groups is 1. The molecular weight excluding hydrogens is 300 g/mol. The minimum atomic E-state index is -0.313. The quantitative estimate of drug-likeness (QED) is 0.673. The van der Waals surface area contributed by atoms with Crippen LogP contribution in [0.1, 0.15) is 28.4 Å². The Bertz CT molecular complexity index is 699. The van der Waals surface area contributed by atoms with Crippen molar-refractivity contribution in [2.75, 3.05) is 6.61 Å². The Morgan fingerprint density at radius 2 is 2.09 bits per heavy atom. The summed E-state index contributed by atoms with van der Waals surface area (Å²) in [6.07, 6.45) is 1.55. The molecule has 2 aromatic rings. The summed E-state index contributed by atoms with van der Waals surface area (Å²) < 4.78 is 5.49. The number of para-hydroxylation sites is 1. The average molecular weight is 317 g/mol. The van der Waals surface area contributed by atoms with Crippen LogP contribution in [0.3, 0.4) is 0 Å². The van der Waals surface area contributed by atoms with Crippen LogP contribution < -0.4 is 10.2 Å². The van der Waals surface area contributed by atoms with Crippen LogP contribution in [0.15, 0.2) is 47.6 Å². The molecule has 2 rings (SSSR count). The first-order valence-corrected chi connectivity index (χ1v) is 7.31. The number of aryl methyl sites for hydroxylation is 1. The fourth-order valence-electron chi connectivity index (χ4n) is 1.83. The van der Waals surface area contributed by atoms with Gasteiger partial charge in [-0.05, 0) is 43.7 Å². The molecule has 1 amide bonds. The van der Waals surface area contributed by atoms with E-state index in [1.807, 2.05) is 38.1 Å². The Hall–Kier alpha value is -2.33. The minimum absolute atomic E-state index is 0.313. The van der Waals surface area contributed by atoms with Gasteiger partial charge in [0.15, 0.2) is 0 Å². The zero-order chi connectivity index (χ0) is 15.9. The van der Waals surface area contributed by atoms with Crippen LogP contribution >= 0.6 is 11.6 Å².